The first-order chi connectivity index (χ1) is 9.73. The van der Waals surface area contributed by atoms with Crippen LogP contribution in [0.1, 0.15) is 41.5 Å². The number of nitrogens with zero attached hydrogens (tertiary/aromatic N) is 1. The van der Waals surface area contributed by atoms with E-state index in [1.165, 1.54) is 0 Å². The molecule has 2 atom stereocenters. The van der Waals surface area contributed by atoms with Gasteiger partial charge in [0.2, 0.25) is 0 Å². The van der Waals surface area contributed by atoms with E-state index >= 15 is 0 Å². The summed E-state index contributed by atoms with van der Waals surface area (Å²) in [6.07, 6.45) is -0.904. The molecule has 5 nitrogen and oxygen atoms in total. The van der Waals surface area contributed by atoms with E-state index in [-0.39, 0.29) is 17.0 Å². The lowest BCUT2D eigenvalue weighted by molar-refractivity contribution is 0.0269. The Hall–Kier alpha value is -0.593. The molecule has 0 aliphatic carbocycles. The molecule has 22 heavy (non-hydrogen) atoms. The Morgan fingerprint density at radius 2 is 1.73 bits per heavy atom. The molecule has 6 heteroatoms. The Balaban J connectivity index is 2.56. The zero-order valence-corrected chi connectivity index (χ0v) is 16.4. The van der Waals surface area contributed by atoms with Gasteiger partial charge in [0.25, 0.3) is 0 Å². The van der Waals surface area contributed by atoms with Crippen LogP contribution in [-0.2, 0) is 9.16 Å². The van der Waals surface area contributed by atoms with E-state index in [0.29, 0.717) is 19.7 Å². The molecular weight excluding hydrogens is 298 g/mol. The maximum Gasteiger partial charge on any atom is 0.410 e. The van der Waals surface area contributed by atoms with E-state index in [2.05, 4.69) is 33.9 Å². The molecule has 1 N–H and O–H groups in total. The van der Waals surface area contributed by atoms with Crippen LogP contribution >= 0.6 is 0 Å². The van der Waals surface area contributed by atoms with Gasteiger partial charge < -0.3 is 19.2 Å². The van der Waals surface area contributed by atoms with Gasteiger partial charge in [-0.05, 0) is 38.9 Å². The third-order valence-corrected chi connectivity index (χ3v) is 9.02. The molecular formula is C16H33NO4Si. The van der Waals surface area contributed by atoms with Gasteiger partial charge in [0.1, 0.15) is 5.60 Å². The van der Waals surface area contributed by atoms with Crippen molar-refractivity contribution < 1.29 is 19.1 Å². The van der Waals surface area contributed by atoms with Crippen LogP contribution < -0.4 is 0 Å². The van der Waals surface area contributed by atoms with Crippen molar-refractivity contribution in [3.05, 3.63) is 0 Å². The van der Waals surface area contributed by atoms with E-state index in [4.69, 9.17) is 9.16 Å². The molecule has 0 aromatic rings. The molecule has 1 amide bonds. The van der Waals surface area contributed by atoms with E-state index in [1.807, 2.05) is 20.8 Å². The van der Waals surface area contributed by atoms with Gasteiger partial charge in [-0.2, -0.15) is 0 Å². The molecule has 130 valence electrons. The number of carbonyl (C=O) groups is 1. The molecule has 0 aromatic heterocycles. The predicted molar refractivity (Wildman–Crippen MR) is 90.5 cm³/mol. The van der Waals surface area contributed by atoms with Gasteiger partial charge in [-0.3, -0.25) is 0 Å². The van der Waals surface area contributed by atoms with Gasteiger partial charge in [-0.25, -0.2) is 4.79 Å². The summed E-state index contributed by atoms with van der Waals surface area (Å²) in [5.74, 6) is -0.0401. The van der Waals surface area contributed by atoms with Crippen molar-refractivity contribution in [2.45, 2.75) is 71.4 Å². The van der Waals surface area contributed by atoms with Crippen LogP contribution in [-0.4, -0.2) is 55.8 Å². The second-order valence-electron chi connectivity index (χ2n) is 8.78. The molecule has 1 aliphatic rings. The van der Waals surface area contributed by atoms with Gasteiger partial charge in [-0.15, -0.1) is 0 Å². The van der Waals surface area contributed by atoms with E-state index < -0.39 is 20.0 Å². The van der Waals surface area contributed by atoms with Crippen LogP contribution in [0.3, 0.4) is 0 Å². The van der Waals surface area contributed by atoms with Gasteiger partial charge in [0, 0.05) is 19.1 Å². The van der Waals surface area contributed by atoms with Crippen molar-refractivity contribution in [2.75, 3.05) is 19.7 Å². The number of rotatable bonds is 3. The molecule has 0 aromatic carbocycles. The maximum atomic E-state index is 12.1. The number of β-amino-alcohol motifs (C(OH)–C–C–N with tert-alkyl or cyclic N) is 1. The summed E-state index contributed by atoms with van der Waals surface area (Å²) < 4.78 is 11.5. The topological polar surface area (TPSA) is 59.0 Å². The highest BCUT2D eigenvalue weighted by molar-refractivity contribution is 6.74. The summed E-state index contributed by atoms with van der Waals surface area (Å²) in [4.78, 5) is 13.7. The number of hydrogen-bond donors (Lipinski definition) is 1. The van der Waals surface area contributed by atoms with Gasteiger partial charge in [0.15, 0.2) is 8.32 Å². The number of aliphatic hydroxyl groups excluding tert-OH is 1. The fraction of sp³-hybridized carbons (Fsp3) is 0.938. The highest BCUT2D eigenvalue weighted by atomic mass is 28.4. The lowest BCUT2D eigenvalue weighted by Gasteiger charge is -2.37. The average Bonchev–Trinajstić information content (AvgIpc) is 2.64. The maximum absolute atomic E-state index is 12.1. The van der Waals surface area contributed by atoms with Crippen LogP contribution in [0.2, 0.25) is 18.1 Å². The van der Waals surface area contributed by atoms with Crippen LogP contribution in [0.5, 0.6) is 0 Å². The predicted octanol–water partition coefficient (Wildman–Crippen LogP) is 3.24. The zero-order chi connectivity index (χ0) is 17.3. The number of ether oxygens (including phenoxy) is 1. The summed E-state index contributed by atoms with van der Waals surface area (Å²) in [5, 5.41) is 10.3. The van der Waals surface area contributed by atoms with Crippen LogP contribution in [0.25, 0.3) is 0 Å². The minimum Gasteiger partial charge on any atom is -0.444 e. The number of hydrogen-bond acceptors (Lipinski definition) is 4. The summed E-state index contributed by atoms with van der Waals surface area (Å²) >= 11 is 0. The SMILES string of the molecule is CC(C)(C)OC(=O)N1C[C@@H](CO[Si](C)(C)C(C)(C)C)[C@H](O)C1. The van der Waals surface area contributed by atoms with E-state index in [1.54, 1.807) is 4.90 Å². The Labute approximate surface area is 136 Å². The number of carbonyl (C=O) groups excluding carboxylic acids is 1. The van der Waals surface area contributed by atoms with Crippen molar-refractivity contribution in [1.29, 1.82) is 0 Å². The summed E-state index contributed by atoms with van der Waals surface area (Å²) in [6.45, 7) is 17.8. The molecule has 0 saturated carbocycles. The van der Waals surface area contributed by atoms with Crippen molar-refractivity contribution in [3.8, 4) is 0 Å². The minimum atomic E-state index is -1.84. The molecule has 1 aliphatic heterocycles. The molecule has 0 radical (unpaired) electrons. The van der Waals surface area contributed by atoms with Crippen LogP contribution in [0.15, 0.2) is 0 Å². The van der Waals surface area contributed by atoms with Crippen LogP contribution in [0.4, 0.5) is 4.79 Å². The lowest BCUT2D eigenvalue weighted by atomic mass is 10.1. The van der Waals surface area contributed by atoms with Crippen molar-refractivity contribution in [1.82, 2.24) is 4.90 Å². The number of aliphatic hydroxyl groups is 1. The second kappa shape index (κ2) is 6.49. The molecule has 1 saturated heterocycles. The van der Waals surface area contributed by atoms with E-state index in [9.17, 15) is 9.90 Å². The van der Waals surface area contributed by atoms with Gasteiger partial charge >= 0.3 is 6.09 Å². The fourth-order valence-corrected chi connectivity index (χ4v) is 3.09. The minimum absolute atomic E-state index is 0.0401. The Kier molecular flexibility index (Phi) is 5.74. The van der Waals surface area contributed by atoms with Gasteiger partial charge in [-0.1, -0.05) is 20.8 Å². The molecule has 0 unspecified atom stereocenters. The van der Waals surface area contributed by atoms with Crippen molar-refractivity contribution >= 4 is 14.4 Å². The monoisotopic (exact) mass is 331 g/mol. The van der Waals surface area contributed by atoms with Crippen molar-refractivity contribution in [2.24, 2.45) is 5.92 Å². The second-order valence-corrected chi connectivity index (χ2v) is 13.6. The Bertz CT molecular complexity index is 398. The first kappa shape index (κ1) is 19.5. The standard InChI is InChI=1S/C16H33NO4Si/c1-15(2,3)21-14(19)17-9-12(13(18)10-17)11-20-22(7,8)16(4,5)6/h12-13,18H,9-11H2,1-8H3/t12-,13+/m0/s1. The average molecular weight is 332 g/mol. The molecule has 0 bridgehead atoms. The smallest absolute Gasteiger partial charge is 0.410 e. The number of likely N-dealkylation sites (tertiary alicyclic amines) is 1. The number of amides is 1. The first-order valence-corrected chi connectivity index (χ1v) is 10.9. The first-order valence-electron chi connectivity index (χ1n) is 8.03. The Morgan fingerprint density at radius 1 is 1.18 bits per heavy atom. The highest BCUT2D eigenvalue weighted by Gasteiger charge is 2.41. The quantitative estimate of drug-likeness (QED) is 0.807. The van der Waals surface area contributed by atoms with Crippen molar-refractivity contribution in [3.63, 3.8) is 0 Å². The molecule has 0 spiro atoms. The largest absolute Gasteiger partial charge is 0.444 e. The van der Waals surface area contributed by atoms with E-state index in [0.717, 1.165) is 0 Å². The summed E-state index contributed by atoms with van der Waals surface area (Å²) in [7, 11) is -1.84. The fourth-order valence-electron chi connectivity index (χ4n) is 2.03. The molecule has 1 heterocycles. The summed E-state index contributed by atoms with van der Waals surface area (Å²) in [5.41, 5.74) is -0.516. The van der Waals surface area contributed by atoms with Crippen LogP contribution in [0, 0.1) is 5.92 Å². The van der Waals surface area contributed by atoms with Gasteiger partial charge in [0.05, 0.1) is 12.6 Å². The molecule has 1 fully saturated rings. The third-order valence-electron chi connectivity index (χ3n) is 4.52. The normalized spacial score (nSPS) is 23.8. The summed E-state index contributed by atoms with van der Waals surface area (Å²) in [6, 6.07) is 0. The Morgan fingerprint density at radius 3 is 2.18 bits per heavy atom. The lowest BCUT2D eigenvalue weighted by Crippen LogP contribution is -2.43. The molecule has 1 rings (SSSR count). The highest BCUT2D eigenvalue weighted by Crippen LogP contribution is 2.37. The zero-order valence-electron chi connectivity index (χ0n) is 15.4. The third kappa shape index (κ3) is 5.24.